The number of benzene rings is 1. The molecule has 1 aromatic rings. The highest BCUT2D eigenvalue weighted by Crippen LogP contribution is 2.31. The minimum absolute atomic E-state index is 0.405. The Morgan fingerprint density at radius 2 is 2.06 bits per heavy atom. The fraction of sp³-hybridized carbons (Fsp3) is 0.385. The number of ether oxygens (including phenoxy) is 3. The topological polar surface area (TPSA) is 52.4 Å². The highest BCUT2D eigenvalue weighted by Gasteiger charge is 2.31. The number of nitrogens with zero attached hydrogens (tertiary/aromatic N) is 2. The van der Waals surface area contributed by atoms with E-state index in [1.165, 1.54) is 0 Å². The molecule has 2 heterocycles. The van der Waals surface area contributed by atoms with Crippen LogP contribution in [0.2, 0.25) is 0 Å². The lowest BCUT2D eigenvalue weighted by Crippen LogP contribution is -2.25. The normalized spacial score (nSPS) is 21.5. The van der Waals surface area contributed by atoms with Gasteiger partial charge in [-0.05, 0) is 38.0 Å². The van der Waals surface area contributed by atoms with E-state index in [-0.39, 0.29) is 0 Å². The molecule has 0 aliphatic carbocycles. The molecule has 2 aliphatic rings. The first-order chi connectivity index (χ1) is 15.1. The van der Waals surface area contributed by atoms with E-state index >= 15 is 0 Å². The maximum atomic E-state index is 6.16. The predicted octanol–water partition coefficient (Wildman–Crippen LogP) is 5.88. The van der Waals surface area contributed by atoms with E-state index in [1.54, 1.807) is 0 Å². The first kappa shape index (κ1) is 22.6. The summed E-state index contributed by atoms with van der Waals surface area (Å²) in [6.07, 6.45) is 9.38. The van der Waals surface area contributed by atoms with Crippen molar-refractivity contribution in [3.63, 3.8) is 0 Å². The second-order valence-corrected chi connectivity index (χ2v) is 7.61. The first-order valence-electron chi connectivity index (χ1n) is 10.7. The molecule has 0 fully saturated rings. The molecule has 0 aromatic heterocycles. The summed E-state index contributed by atoms with van der Waals surface area (Å²) in [7, 11) is 0. The molecule has 2 aliphatic heterocycles. The molecule has 1 aromatic carbocycles. The molecule has 1 unspecified atom stereocenters. The average molecular weight is 419 g/mol. The van der Waals surface area contributed by atoms with Crippen molar-refractivity contribution >= 4 is 0 Å². The Kier molecular flexibility index (Phi) is 8.26. The van der Waals surface area contributed by atoms with Crippen LogP contribution in [-0.4, -0.2) is 25.4 Å². The molecule has 162 valence electrons. The van der Waals surface area contributed by atoms with Gasteiger partial charge in [0.2, 0.25) is 0 Å². The van der Waals surface area contributed by atoms with E-state index in [9.17, 15) is 0 Å². The van der Waals surface area contributed by atoms with Crippen LogP contribution in [0.3, 0.4) is 0 Å². The molecule has 1 atom stereocenters. The Labute approximate surface area is 185 Å². The van der Waals surface area contributed by atoms with Crippen LogP contribution < -0.4 is 0 Å². The SMILES string of the molecule is C/C=C\C(=C/C)COC1=C(OCc2ccccc2)CC(C)(C#CC2=CCOCC2)N=N1. The van der Waals surface area contributed by atoms with Crippen molar-refractivity contribution in [1.82, 2.24) is 0 Å². The lowest BCUT2D eigenvalue weighted by molar-refractivity contribution is 0.129. The Bertz CT molecular complexity index is 961. The van der Waals surface area contributed by atoms with E-state index in [1.807, 2.05) is 75.4 Å². The predicted molar refractivity (Wildman–Crippen MR) is 122 cm³/mol. The van der Waals surface area contributed by atoms with Crippen molar-refractivity contribution < 1.29 is 14.2 Å². The molecule has 0 radical (unpaired) electrons. The Hall–Kier alpha value is -3.10. The largest absolute Gasteiger partial charge is 0.487 e. The second kappa shape index (κ2) is 11.3. The van der Waals surface area contributed by atoms with Gasteiger partial charge in [-0.15, -0.1) is 5.11 Å². The molecule has 3 rings (SSSR count). The van der Waals surface area contributed by atoms with Gasteiger partial charge >= 0.3 is 0 Å². The molecular formula is C26H30N2O3. The summed E-state index contributed by atoms with van der Waals surface area (Å²) in [5.41, 5.74) is 2.57. The van der Waals surface area contributed by atoms with Crippen LogP contribution in [0.5, 0.6) is 0 Å². The first-order valence-corrected chi connectivity index (χ1v) is 10.7. The van der Waals surface area contributed by atoms with Crippen molar-refractivity contribution in [2.45, 2.75) is 45.8 Å². The van der Waals surface area contributed by atoms with E-state index in [4.69, 9.17) is 14.2 Å². The van der Waals surface area contributed by atoms with Gasteiger partial charge < -0.3 is 14.2 Å². The van der Waals surface area contributed by atoms with Crippen LogP contribution in [0.25, 0.3) is 0 Å². The van der Waals surface area contributed by atoms with Crippen LogP contribution in [0, 0.1) is 11.8 Å². The van der Waals surface area contributed by atoms with Crippen LogP contribution in [-0.2, 0) is 20.8 Å². The van der Waals surface area contributed by atoms with Crippen LogP contribution >= 0.6 is 0 Å². The summed E-state index contributed by atoms with van der Waals surface area (Å²) in [5.74, 6) is 7.64. The van der Waals surface area contributed by atoms with Crippen LogP contribution in [0.15, 0.2) is 87.7 Å². The minimum Gasteiger partial charge on any atom is -0.487 e. The van der Waals surface area contributed by atoms with E-state index in [0.717, 1.165) is 23.1 Å². The third-order valence-corrected chi connectivity index (χ3v) is 4.94. The van der Waals surface area contributed by atoms with Gasteiger partial charge in [0.1, 0.15) is 18.8 Å². The third kappa shape index (κ3) is 6.97. The van der Waals surface area contributed by atoms with Gasteiger partial charge in [0, 0.05) is 18.4 Å². The maximum Gasteiger partial charge on any atom is 0.272 e. The summed E-state index contributed by atoms with van der Waals surface area (Å²) < 4.78 is 17.5. The van der Waals surface area contributed by atoms with Gasteiger partial charge in [0.15, 0.2) is 5.76 Å². The number of hydrogen-bond donors (Lipinski definition) is 0. The van der Waals surface area contributed by atoms with Crippen molar-refractivity contribution in [3.05, 3.63) is 83.0 Å². The number of rotatable bonds is 7. The van der Waals surface area contributed by atoms with Gasteiger partial charge in [0.25, 0.3) is 5.88 Å². The van der Waals surface area contributed by atoms with Crippen molar-refractivity contribution in [2.24, 2.45) is 10.2 Å². The molecule has 0 saturated heterocycles. The van der Waals surface area contributed by atoms with Gasteiger partial charge in [-0.25, -0.2) is 0 Å². The monoisotopic (exact) mass is 418 g/mol. The van der Waals surface area contributed by atoms with E-state index in [0.29, 0.717) is 44.5 Å². The summed E-state index contributed by atoms with van der Waals surface area (Å²) in [6.45, 7) is 8.11. The fourth-order valence-corrected chi connectivity index (χ4v) is 3.12. The molecular weight excluding hydrogens is 388 g/mol. The van der Waals surface area contributed by atoms with Crippen LogP contribution in [0.1, 0.15) is 39.2 Å². The molecule has 0 spiro atoms. The fourth-order valence-electron chi connectivity index (χ4n) is 3.12. The Morgan fingerprint density at radius 3 is 2.77 bits per heavy atom. The second-order valence-electron chi connectivity index (χ2n) is 7.61. The maximum absolute atomic E-state index is 6.16. The molecule has 5 nitrogen and oxygen atoms in total. The van der Waals surface area contributed by atoms with Crippen molar-refractivity contribution in [1.29, 1.82) is 0 Å². The molecule has 0 saturated carbocycles. The zero-order chi connectivity index (χ0) is 21.9. The van der Waals surface area contributed by atoms with Gasteiger partial charge in [0.05, 0.1) is 13.2 Å². The Balaban J connectivity index is 1.77. The summed E-state index contributed by atoms with van der Waals surface area (Å²) >= 11 is 0. The minimum atomic E-state index is -0.662. The molecule has 5 heteroatoms. The number of azo groups is 1. The molecule has 0 N–H and O–H groups in total. The number of hydrogen-bond acceptors (Lipinski definition) is 5. The van der Waals surface area contributed by atoms with Crippen LogP contribution in [0.4, 0.5) is 0 Å². The summed E-state index contributed by atoms with van der Waals surface area (Å²) in [4.78, 5) is 0. The average Bonchev–Trinajstić information content (AvgIpc) is 2.81. The summed E-state index contributed by atoms with van der Waals surface area (Å²) in [6, 6.07) is 10.1. The highest BCUT2D eigenvalue weighted by molar-refractivity contribution is 5.35. The number of allylic oxidation sites excluding steroid dienone is 2. The smallest absolute Gasteiger partial charge is 0.272 e. The standard InChI is InChI=1S/C26H30N2O3/c1-4-9-21(5-2)19-31-25-24(30-20-23-10-7-6-8-11-23)18-26(3,28-27-25)15-12-22-13-16-29-17-14-22/h4-11,13H,14,16-20H2,1-3H3/b9-4-,21-5+. The quantitative estimate of drug-likeness (QED) is 0.411. The zero-order valence-corrected chi connectivity index (χ0v) is 18.6. The van der Waals surface area contributed by atoms with E-state index < -0.39 is 5.54 Å². The van der Waals surface area contributed by atoms with Gasteiger partial charge in [-0.2, -0.15) is 5.11 Å². The van der Waals surface area contributed by atoms with E-state index in [2.05, 4.69) is 22.1 Å². The Morgan fingerprint density at radius 1 is 1.23 bits per heavy atom. The highest BCUT2D eigenvalue weighted by atomic mass is 16.5. The lowest BCUT2D eigenvalue weighted by Gasteiger charge is -2.25. The van der Waals surface area contributed by atoms with Gasteiger partial charge in [-0.3, -0.25) is 0 Å². The third-order valence-electron chi connectivity index (χ3n) is 4.94. The lowest BCUT2D eigenvalue weighted by atomic mass is 9.96. The van der Waals surface area contributed by atoms with Crippen molar-refractivity contribution in [2.75, 3.05) is 19.8 Å². The summed E-state index contributed by atoms with van der Waals surface area (Å²) in [5, 5.41) is 8.84. The molecule has 0 bridgehead atoms. The molecule has 0 amide bonds. The van der Waals surface area contributed by atoms with Gasteiger partial charge in [-0.1, -0.05) is 60.4 Å². The zero-order valence-electron chi connectivity index (χ0n) is 18.6. The molecule has 31 heavy (non-hydrogen) atoms. The van der Waals surface area contributed by atoms with Crippen molar-refractivity contribution in [3.8, 4) is 11.8 Å².